The fourth-order valence-electron chi connectivity index (χ4n) is 0.983. The van der Waals surface area contributed by atoms with Crippen LogP contribution in [-0.4, -0.2) is 50.2 Å². The molecule has 0 saturated carbocycles. The summed E-state index contributed by atoms with van der Waals surface area (Å²) in [7, 11) is 0.244. The van der Waals surface area contributed by atoms with Gasteiger partial charge < -0.3 is 15.0 Å². The summed E-state index contributed by atoms with van der Waals surface area (Å²) in [5.74, 6) is 2.20. The van der Waals surface area contributed by atoms with Crippen molar-refractivity contribution in [2.45, 2.75) is 12.6 Å². The Morgan fingerprint density at radius 1 is 1.53 bits per heavy atom. The summed E-state index contributed by atoms with van der Waals surface area (Å²) in [5, 5.41) is 3.31. The molecule has 2 N–H and O–H groups in total. The van der Waals surface area contributed by atoms with E-state index in [0.29, 0.717) is 13.2 Å². The lowest BCUT2D eigenvalue weighted by molar-refractivity contribution is 0.163. The van der Waals surface area contributed by atoms with Gasteiger partial charge in [0.1, 0.15) is 0 Å². The predicted octanol–water partition coefficient (Wildman–Crippen LogP) is 0.122. The smallest absolute Gasteiger partial charge is 0.173 e. The van der Waals surface area contributed by atoms with E-state index in [1.807, 2.05) is 0 Å². The van der Waals surface area contributed by atoms with E-state index in [4.69, 9.17) is 11.7 Å². The maximum Gasteiger partial charge on any atom is 0.173 e. The number of hydrogen-bond donors (Lipinski definition) is 2. The summed E-state index contributed by atoms with van der Waals surface area (Å²) in [4.78, 5) is 3.27. The highest BCUT2D eigenvalue weighted by atomic mass is 28.2. The maximum absolute atomic E-state index is 5.20. The summed E-state index contributed by atoms with van der Waals surface area (Å²) < 4.78 is 5.02. The first-order chi connectivity index (χ1) is 7.35. The molecule has 3 nitrogen and oxygen atoms in total. The molecule has 0 fully saturated rings. The lowest BCUT2D eigenvalue weighted by Crippen LogP contribution is -2.25. The molecular formula is C10H20N2OSi2. The van der Waals surface area contributed by atoms with Gasteiger partial charge in [0.25, 0.3) is 0 Å². The molecule has 84 valence electrons. The van der Waals surface area contributed by atoms with Gasteiger partial charge in [-0.25, -0.2) is 0 Å². The lowest BCUT2D eigenvalue weighted by atomic mass is 10.6. The van der Waals surface area contributed by atoms with Crippen LogP contribution in [0.1, 0.15) is 0 Å². The fourth-order valence-corrected chi connectivity index (χ4v) is 3.23. The van der Waals surface area contributed by atoms with Gasteiger partial charge in [-0.15, -0.1) is 6.58 Å². The first-order valence-electron chi connectivity index (χ1n) is 5.07. The van der Waals surface area contributed by atoms with Crippen molar-refractivity contribution >= 4 is 23.9 Å². The molecule has 5 heteroatoms. The second-order valence-electron chi connectivity index (χ2n) is 2.89. The van der Waals surface area contributed by atoms with Crippen LogP contribution in [0.4, 0.5) is 0 Å². The summed E-state index contributed by atoms with van der Waals surface area (Å²) in [6.07, 6.45) is 0. The molecule has 0 rings (SSSR count). The Morgan fingerprint density at radius 3 is 2.93 bits per heavy atom. The molecule has 0 aliphatic rings. The maximum atomic E-state index is 5.20. The van der Waals surface area contributed by atoms with Gasteiger partial charge >= 0.3 is 0 Å². The highest BCUT2D eigenvalue weighted by Gasteiger charge is 1.93. The molecule has 0 atom stereocenters. The van der Waals surface area contributed by atoms with Crippen molar-refractivity contribution in [1.29, 1.82) is 0 Å². The molecule has 0 saturated heterocycles. The molecule has 0 unspecified atom stereocenters. The molecule has 0 aromatic carbocycles. The Bertz CT molecular complexity index is 186. The Hall–Kier alpha value is -0.236. The van der Waals surface area contributed by atoms with E-state index in [-0.39, 0.29) is 0 Å². The Kier molecular flexibility index (Phi) is 11.7. The van der Waals surface area contributed by atoms with Crippen LogP contribution in [0, 0.1) is 6.92 Å². The van der Waals surface area contributed by atoms with Crippen LogP contribution in [0.2, 0.25) is 12.6 Å². The summed E-state index contributed by atoms with van der Waals surface area (Å²) in [5.41, 5.74) is 2.07. The van der Waals surface area contributed by atoms with E-state index in [1.165, 1.54) is 0 Å². The lowest BCUT2D eigenvalue weighted by Gasteiger charge is -2.05. The van der Waals surface area contributed by atoms with Crippen LogP contribution in [0.15, 0.2) is 12.3 Å². The third kappa shape index (κ3) is 10.1. The topological polar surface area (TPSA) is 33.3 Å². The largest absolute Gasteiger partial charge is 0.421 e. The number of ether oxygens (including phenoxy) is 1. The van der Waals surface area contributed by atoms with Gasteiger partial charge in [-0.3, -0.25) is 0 Å². The van der Waals surface area contributed by atoms with E-state index in [2.05, 4.69) is 34.9 Å². The van der Waals surface area contributed by atoms with Crippen molar-refractivity contribution in [3.8, 4) is 0 Å². The minimum absolute atomic E-state index is 0.304. The zero-order valence-electron chi connectivity index (χ0n) is 9.38. The molecule has 4 radical (unpaired) electrons. The summed E-state index contributed by atoms with van der Waals surface area (Å²) in [6, 6.07) is 1.16. The van der Waals surface area contributed by atoms with E-state index >= 15 is 0 Å². The standard InChI is InChI=1S/C10H20N2OSi2/c1-4-13-8-6-11-7-9-15(5-2)10-12-14-3/h1,5,10-12H,2,4,6-9H2,3H3/b15-10+. The number of hydrogen-bond acceptors (Lipinski definition) is 3. The highest BCUT2D eigenvalue weighted by molar-refractivity contribution is 6.71. The molecule has 0 bridgehead atoms. The summed E-state index contributed by atoms with van der Waals surface area (Å²) in [6.45, 7) is 14.0. The van der Waals surface area contributed by atoms with Gasteiger partial charge in [0.05, 0.1) is 21.6 Å². The Balaban J connectivity index is 3.42. The van der Waals surface area contributed by atoms with Gasteiger partial charge in [0, 0.05) is 6.54 Å². The molecule has 0 spiro atoms. The summed E-state index contributed by atoms with van der Waals surface area (Å²) >= 11 is 0. The van der Waals surface area contributed by atoms with Crippen LogP contribution in [0.3, 0.4) is 0 Å². The van der Waals surface area contributed by atoms with Crippen molar-refractivity contribution in [3.63, 3.8) is 0 Å². The molecule has 0 aliphatic carbocycles. The van der Waals surface area contributed by atoms with Crippen LogP contribution < -0.4 is 10.3 Å². The van der Waals surface area contributed by atoms with Gasteiger partial charge in [-0.05, 0) is 25.3 Å². The predicted molar refractivity (Wildman–Crippen MR) is 69.6 cm³/mol. The van der Waals surface area contributed by atoms with Gasteiger partial charge in [0.15, 0.2) is 9.68 Å². The van der Waals surface area contributed by atoms with E-state index in [1.54, 1.807) is 0 Å². The van der Waals surface area contributed by atoms with Crippen LogP contribution >= 0.6 is 0 Å². The van der Waals surface area contributed by atoms with E-state index < -0.39 is 8.41 Å². The van der Waals surface area contributed by atoms with E-state index in [0.717, 1.165) is 28.8 Å². The average molecular weight is 240 g/mol. The fraction of sp³-hybridized carbons (Fsp3) is 0.600. The van der Waals surface area contributed by atoms with E-state index in [9.17, 15) is 0 Å². The molecule has 15 heavy (non-hydrogen) atoms. The minimum atomic E-state index is -0.532. The van der Waals surface area contributed by atoms with Crippen molar-refractivity contribution in [3.05, 3.63) is 19.2 Å². The van der Waals surface area contributed by atoms with Crippen LogP contribution in [0.25, 0.3) is 0 Å². The second kappa shape index (κ2) is 11.8. The zero-order valence-corrected chi connectivity index (χ0v) is 11.4. The van der Waals surface area contributed by atoms with Crippen molar-refractivity contribution in [2.75, 3.05) is 26.3 Å². The highest BCUT2D eigenvalue weighted by Crippen LogP contribution is 1.82. The third-order valence-electron chi connectivity index (χ3n) is 1.80. The zero-order chi connectivity index (χ0) is 11.4. The first-order valence-corrected chi connectivity index (χ1v) is 8.43. The van der Waals surface area contributed by atoms with Crippen LogP contribution in [-0.2, 0) is 4.74 Å². The first kappa shape index (κ1) is 14.8. The minimum Gasteiger partial charge on any atom is -0.421 e. The third-order valence-corrected chi connectivity index (χ3v) is 4.38. The molecular weight excluding hydrogens is 220 g/mol. The quantitative estimate of drug-likeness (QED) is 0.420. The second-order valence-corrected chi connectivity index (χ2v) is 6.03. The Morgan fingerprint density at radius 2 is 2.33 bits per heavy atom. The molecule has 0 aromatic heterocycles. The molecule has 0 aromatic rings. The average Bonchev–Trinajstić information content (AvgIpc) is 2.27. The van der Waals surface area contributed by atoms with Crippen molar-refractivity contribution < 1.29 is 4.74 Å². The normalized spacial score (nSPS) is 11.5. The number of nitrogens with one attached hydrogen (secondary N) is 2. The van der Waals surface area contributed by atoms with Gasteiger partial charge in [-0.2, -0.15) is 0 Å². The molecule has 0 aliphatic heterocycles. The Labute approximate surface area is 97.4 Å². The molecule has 0 amide bonds. The van der Waals surface area contributed by atoms with Gasteiger partial charge in [-0.1, -0.05) is 12.2 Å². The van der Waals surface area contributed by atoms with Crippen molar-refractivity contribution in [2.24, 2.45) is 0 Å². The molecule has 0 heterocycles. The van der Waals surface area contributed by atoms with Crippen molar-refractivity contribution in [1.82, 2.24) is 10.3 Å². The van der Waals surface area contributed by atoms with Crippen LogP contribution in [0.5, 0.6) is 0 Å². The number of rotatable bonds is 10. The SMILES string of the molecule is [CH]COCCNCC/[Si](C=C)=C/N[Si]C. The monoisotopic (exact) mass is 240 g/mol. The van der Waals surface area contributed by atoms with Gasteiger partial charge in [0.2, 0.25) is 0 Å².